The van der Waals surface area contributed by atoms with Gasteiger partial charge in [-0.3, -0.25) is 9.59 Å². The van der Waals surface area contributed by atoms with Gasteiger partial charge in [-0.15, -0.1) is 0 Å². The number of halogens is 1. The summed E-state index contributed by atoms with van der Waals surface area (Å²) in [5.74, 6) is -0.314. The van der Waals surface area contributed by atoms with Crippen LogP contribution in [0.4, 0.5) is 4.39 Å². The van der Waals surface area contributed by atoms with Crippen LogP contribution < -0.4 is 5.32 Å². The molecule has 1 fully saturated rings. The van der Waals surface area contributed by atoms with Crippen molar-refractivity contribution >= 4 is 11.8 Å². The third-order valence-electron chi connectivity index (χ3n) is 3.21. The van der Waals surface area contributed by atoms with Crippen molar-refractivity contribution in [2.75, 3.05) is 13.1 Å². The van der Waals surface area contributed by atoms with Gasteiger partial charge in [-0.05, 0) is 24.1 Å². The normalized spacial score (nSPS) is 18.7. The van der Waals surface area contributed by atoms with E-state index in [4.69, 9.17) is 0 Å². The van der Waals surface area contributed by atoms with Crippen LogP contribution in [0, 0.1) is 5.82 Å². The smallest absolute Gasteiger partial charge is 0.224 e. The van der Waals surface area contributed by atoms with Crippen LogP contribution >= 0.6 is 0 Å². The fourth-order valence-corrected chi connectivity index (χ4v) is 2.29. The minimum Gasteiger partial charge on any atom is -0.351 e. The summed E-state index contributed by atoms with van der Waals surface area (Å²) < 4.78 is 12.8. The van der Waals surface area contributed by atoms with E-state index in [9.17, 15) is 14.0 Å². The van der Waals surface area contributed by atoms with E-state index in [1.807, 2.05) is 0 Å². The summed E-state index contributed by atoms with van der Waals surface area (Å²) >= 11 is 0. The summed E-state index contributed by atoms with van der Waals surface area (Å²) in [7, 11) is 0. The monoisotopic (exact) mass is 264 g/mol. The highest BCUT2D eigenvalue weighted by Gasteiger charge is 2.29. The predicted octanol–water partition coefficient (Wildman–Crippen LogP) is 1.11. The van der Waals surface area contributed by atoms with E-state index >= 15 is 0 Å². The van der Waals surface area contributed by atoms with Crippen molar-refractivity contribution in [1.29, 1.82) is 0 Å². The average Bonchev–Trinajstić information content (AvgIpc) is 2.68. The van der Waals surface area contributed by atoms with E-state index < -0.39 is 0 Å². The molecule has 1 aromatic rings. The van der Waals surface area contributed by atoms with Gasteiger partial charge >= 0.3 is 0 Å². The van der Waals surface area contributed by atoms with Crippen molar-refractivity contribution in [3.05, 3.63) is 35.6 Å². The number of carbonyl (C=O) groups is 2. The molecule has 1 N–H and O–H groups in total. The second-order valence-corrected chi connectivity index (χ2v) is 4.82. The minimum absolute atomic E-state index is 0.0564. The first-order valence-corrected chi connectivity index (χ1v) is 6.34. The Balaban J connectivity index is 1.84. The largest absolute Gasteiger partial charge is 0.351 e. The zero-order chi connectivity index (χ0) is 13.8. The van der Waals surface area contributed by atoms with Crippen LogP contribution in [0.25, 0.3) is 0 Å². The molecule has 1 aromatic carbocycles. The molecule has 0 bridgehead atoms. The van der Waals surface area contributed by atoms with Gasteiger partial charge in [0.1, 0.15) is 5.82 Å². The van der Waals surface area contributed by atoms with Gasteiger partial charge in [0.25, 0.3) is 0 Å². The van der Waals surface area contributed by atoms with Gasteiger partial charge in [0.15, 0.2) is 0 Å². The lowest BCUT2D eigenvalue weighted by Gasteiger charge is -2.16. The summed E-state index contributed by atoms with van der Waals surface area (Å²) in [5.41, 5.74) is 0.997. The minimum atomic E-state index is -0.258. The van der Waals surface area contributed by atoms with E-state index in [0.29, 0.717) is 25.9 Å². The Labute approximate surface area is 111 Å². The zero-order valence-corrected chi connectivity index (χ0v) is 10.9. The molecule has 0 radical (unpaired) electrons. The highest BCUT2D eigenvalue weighted by molar-refractivity contribution is 5.81. The molecular weight excluding hydrogens is 247 g/mol. The van der Waals surface area contributed by atoms with Crippen LogP contribution in [0.15, 0.2) is 24.3 Å². The maximum atomic E-state index is 12.8. The molecule has 2 amide bonds. The van der Waals surface area contributed by atoms with E-state index in [-0.39, 0.29) is 23.7 Å². The number of amides is 2. The molecule has 1 aliphatic heterocycles. The molecule has 0 spiro atoms. The first-order chi connectivity index (χ1) is 9.04. The van der Waals surface area contributed by atoms with Crippen LogP contribution in [-0.2, 0) is 16.0 Å². The summed E-state index contributed by atoms with van der Waals surface area (Å²) in [6.07, 6.45) is 1.06. The van der Waals surface area contributed by atoms with Gasteiger partial charge in [0, 0.05) is 26.4 Å². The van der Waals surface area contributed by atoms with Gasteiger partial charge in [-0.2, -0.15) is 0 Å². The quantitative estimate of drug-likeness (QED) is 0.885. The average molecular weight is 264 g/mol. The lowest BCUT2D eigenvalue weighted by atomic mass is 10.1. The molecule has 19 heavy (non-hydrogen) atoms. The third-order valence-corrected chi connectivity index (χ3v) is 3.21. The fourth-order valence-electron chi connectivity index (χ4n) is 2.29. The topological polar surface area (TPSA) is 49.4 Å². The lowest BCUT2D eigenvalue weighted by Crippen LogP contribution is -2.36. The number of hydrogen-bond donors (Lipinski definition) is 1. The van der Waals surface area contributed by atoms with Gasteiger partial charge in [-0.1, -0.05) is 12.1 Å². The van der Waals surface area contributed by atoms with Crippen molar-refractivity contribution in [3.8, 4) is 0 Å². The van der Waals surface area contributed by atoms with Crippen molar-refractivity contribution < 1.29 is 14.0 Å². The van der Waals surface area contributed by atoms with Gasteiger partial charge in [0.05, 0.1) is 6.04 Å². The third kappa shape index (κ3) is 3.77. The van der Waals surface area contributed by atoms with E-state index in [1.54, 1.807) is 17.0 Å². The number of nitrogens with one attached hydrogen (secondary N) is 1. The molecular formula is C14H17FN2O2. The number of likely N-dealkylation sites (tertiary alicyclic amines) is 1. The fraction of sp³-hybridized carbons (Fsp3) is 0.429. The Morgan fingerprint density at radius 3 is 2.74 bits per heavy atom. The second kappa shape index (κ2) is 5.82. The van der Waals surface area contributed by atoms with Crippen molar-refractivity contribution in [2.45, 2.75) is 25.8 Å². The molecule has 4 nitrogen and oxygen atoms in total. The van der Waals surface area contributed by atoms with Crippen LogP contribution in [0.3, 0.4) is 0 Å². The molecule has 5 heteroatoms. The van der Waals surface area contributed by atoms with Crippen LogP contribution in [0.1, 0.15) is 18.9 Å². The van der Waals surface area contributed by atoms with Crippen molar-refractivity contribution in [3.63, 3.8) is 0 Å². The summed E-state index contributed by atoms with van der Waals surface area (Å²) in [4.78, 5) is 24.4. The number of nitrogens with zero attached hydrogens (tertiary/aromatic N) is 1. The van der Waals surface area contributed by atoms with Crippen LogP contribution in [0.5, 0.6) is 0 Å². The molecule has 1 unspecified atom stereocenters. The first-order valence-electron chi connectivity index (χ1n) is 6.34. The molecule has 102 valence electrons. The Morgan fingerprint density at radius 1 is 1.42 bits per heavy atom. The number of benzene rings is 1. The molecule has 1 saturated heterocycles. The van der Waals surface area contributed by atoms with Crippen LogP contribution in [0.2, 0.25) is 0 Å². The number of hydrogen-bond acceptors (Lipinski definition) is 2. The van der Waals surface area contributed by atoms with Gasteiger partial charge in [-0.25, -0.2) is 4.39 Å². The predicted molar refractivity (Wildman–Crippen MR) is 68.9 cm³/mol. The Bertz CT molecular complexity index is 473. The van der Waals surface area contributed by atoms with Crippen molar-refractivity contribution in [2.24, 2.45) is 0 Å². The molecule has 1 aliphatic rings. The molecule has 2 rings (SSSR count). The van der Waals surface area contributed by atoms with E-state index in [1.165, 1.54) is 19.1 Å². The molecule has 0 aliphatic carbocycles. The molecule has 0 aromatic heterocycles. The van der Waals surface area contributed by atoms with Crippen LogP contribution in [-0.4, -0.2) is 35.8 Å². The summed E-state index contributed by atoms with van der Waals surface area (Å²) in [5, 5.41) is 2.76. The first kappa shape index (κ1) is 13.5. The van der Waals surface area contributed by atoms with E-state index in [2.05, 4.69) is 5.32 Å². The Morgan fingerprint density at radius 2 is 2.11 bits per heavy atom. The van der Waals surface area contributed by atoms with Gasteiger partial charge < -0.3 is 10.2 Å². The van der Waals surface area contributed by atoms with Gasteiger partial charge in [0.2, 0.25) is 11.8 Å². The van der Waals surface area contributed by atoms with Crippen molar-refractivity contribution in [1.82, 2.24) is 10.2 Å². The number of carbonyl (C=O) groups excluding carboxylic acids is 2. The summed E-state index contributed by atoms with van der Waals surface area (Å²) in [6, 6.07) is 6.20. The highest BCUT2D eigenvalue weighted by Crippen LogP contribution is 2.12. The molecule has 1 heterocycles. The number of rotatable bonds is 4. The second-order valence-electron chi connectivity index (χ2n) is 4.82. The molecule has 1 atom stereocenters. The lowest BCUT2D eigenvalue weighted by molar-refractivity contribution is -0.127. The SMILES string of the molecule is CC(=O)NC1CC(=O)N(CCc2ccc(F)cc2)C1. The standard InChI is InChI=1S/C14H17FN2O2/c1-10(18)16-13-8-14(19)17(9-13)7-6-11-2-4-12(15)5-3-11/h2-5,13H,6-9H2,1H3,(H,16,18). The molecule has 0 saturated carbocycles. The zero-order valence-electron chi connectivity index (χ0n) is 10.9. The maximum absolute atomic E-state index is 12.8. The Hall–Kier alpha value is -1.91. The highest BCUT2D eigenvalue weighted by atomic mass is 19.1. The maximum Gasteiger partial charge on any atom is 0.224 e. The Kier molecular flexibility index (Phi) is 4.14. The van der Waals surface area contributed by atoms with E-state index in [0.717, 1.165) is 5.56 Å². The summed E-state index contributed by atoms with van der Waals surface area (Å²) in [6.45, 7) is 2.60.